The van der Waals surface area contributed by atoms with Crippen LogP contribution in [0, 0.1) is 0 Å². The molecule has 1 aromatic rings. The highest BCUT2D eigenvalue weighted by molar-refractivity contribution is 5.42. The number of nitrogens with one attached hydrogen (secondary N) is 1. The van der Waals surface area contributed by atoms with E-state index in [4.69, 9.17) is 4.74 Å². The molecule has 3 nitrogen and oxygen atoms in total. The van der Waals surface area contributed by atoms with Gasteiger partial charge in [-0.2, -0.15) is 0 Å². The van der Waals surface area contributed by atoms with Gasteiger partial charge in [-0.3, -0.25) is 0 Å². The Bertz CT molecular complexity index is 263. The van der Waals surface area contributed by atoms with Gasteiger partial charge in [0.1, 0.15) is 5.82 Å². The molecule has 0 fully saturated rings. The van der Waals surface area contributed by atoms with E-state index in [1.54, 1.807) is 6.20 Å². The fraction of sp³-hybridized carbons (Fsp3) is 0.545. The Morgan fingerprint density at radius 3 is 3.07 bits per heavy atom. The average molecular weight is 194 g/mol. The molecule has 0 bridgehead atoms. The van der Waals surface area contributed by atoms with Gasteiger partial charge in [0.15, 0.2) is 0 Å². The number of nitrogens with zero attached hydrogens (tertiary/aromatic N) is 1. The zero-order chi connectivity index (χ0) is 10.2. The Balaban J connectivity index is 2.41. The van der Waals surface area contributed by atoms with E-state index in [0.29, 0.717) is 6.61 Å². The maximum Gasteiger partial charge on any atom is 0.131 e. The van der Waals surface area contributed by atoms with Gasteiger partial charge in [-0.1, -0.05) is 19.4 Å². The SMILES string of the molecule is CCCCOCc1cccnc1NC. The summed E-state index contributed by atoms with van der Waals surface area (Å²) in [4.78, 5) is 4.20. The molecule has 0 radical (unpaired) electrons. The lowest BCUT2D eigenvalue weighted by atomic mass is 10.2. The van der Waals surface area contributed by atoms with Crippen LogP contribution >= 0.6 is 0 Å². The second-order valence-electron chi connectivity index (χ2n) is 3.17. The predicted octanol–water partition coefficient (Wildman–Crippen LogP) is 2.44. The molecular weight excluding hydrogens is 176 g/mol. The smallest absolute Gasteiger partial charge is 0.131 e. The van der Waals surface area contributed by atoms with Gasteiger partial charge in [0.2, 0.25) is 0 Å². The maximum absolute atomic E-state index is 5.52. The summed E-state index contributed by atoms with van der Waals surface area (Å²) in [5.74, 6) is 0.906. The highest BCUT2D eigenvalue weighted by Crippen LogP contribution is 2.11. The molecule has 0 aliphatic carbocycles. The topological polar surface area (TPSA) is 34.1 Å². The normalized spacial score (nSPS) is 10.1. The molecule has 0 spiro atoms. The minimum Gasteiger partial charge on any atom is -0.377 e. The van der Waals surface area contributed by atoms with Gasteiger partial charge in [-0.05, 0) is 12.5 Å². The Kier molecular flexibility index (Phi) is 5.00. The quantitative estimate of drug-likeness (QED) is 0.706. The van der Waals surface area contributed by atoms with Gasteiger partial charge in [0.25, 0.3) is 0 Å². The van der Waals surface area contributed by atoms with Crippen LogP contribution in [-0.4, -0.2) is 18.6 Å². The third-order valence-electron chi connectivity index (χ3n) is 2.03. The lowest BCUT2D eigenvalue weighted by molar-refractivity contribution is 0.118. The fourth-order valence-electron chi connectivity index (χ4n) is 1.21. The van der Waals surface area contributed by atoms with E-state index in [-0.39, 0.29) is 0 Å². The molecule has 1 heterocycles. The first-order valence-electron chi connectivity index (χ1n) is 5.08. The molecule has 1 N–H and O–H groups in total. The van der Waals surface area contributed by atoms with Crippen molar-refractivity contribution in [1.29, 1.82) is 0 Å². The molecule has 3 heteroatoms. The summed E-state index contributed by atoms with van der Waals surface area (Å²) in [7, 11) is 1.87. The minimum atomic E-state index is 0.643. The average Bonchev–Trinajstić information content (AvgIpc) is 2.25. The van der Waals surface area contributed by atoms with Crippen molar-refractivity contribution in [2.75, 3.05) is 19.0 Å². The van der Waals surface area contributed by atoms with Crippen molar-refractivity contribution in [3.8, 4) is 0 Å². The molecule has 78 valence electrons. The maximum atomic E-state index is 5.52. The van der Waals surface area contributed by atoms with Gasteiger partial charge >= 0.3 is 0 Å². The number of pyridine rings is 1. The number of unbranched alkanes of at least 4 members (excludes halogenated alkanes) is 1. The molecule has 1 rings (SSSR count). The van der Waals surface area contributed by atoms with E-state index in [1.165, 1.54) is 6.42 Å². The van der Waals surface area contributed by atoms with Gasteiger partial charge in [0.05, 0.1) is 6.61 Å². The van der Waals surface area contributed by atoms with Gasteiger partial charge < -0.3 is 10.1 Å². The Hall–Kier alpha value is -1.09. The number of ether oxygens (including phenoxy) is 1. The molecule has 0 unspecified atom stereocenters. The molecule has 0 aliphatic rings. The molecular formula is C11H18N2O. The van der Waals surface area contributed by atoms with E-state index >= 15 is 0 Å². The van der Waals surface area contributed by atoms with Crippen LogP contribution in [0.25, 0.3) is 0 Å². The van der Waals surface area contributed by atoms with E-state index < -0.39 is 0 Å². The van der Waals surface area contributed by atoms with E-state index in [1.807, 2.05) is 19.2 Å². The van der Waals surface area contributed by atoms with Crippen LogP contribution in [-0.2, 0) is 11.3 Å². The minimum absolute atomic E-state index is 0.643. The Morgan fingerprint density at radius 1 is 1.50 bits per heavy atom. The van der Waals surface area contributed by atoms with Crippen molar-refractivity contribution in [1.82, 2.24) is 4.98 Å². The third-order valence-corrected chi connectivity index (χ3v) is 2.03. The third kappa shape index (κ3) is 3.34. The molecule has 0 saturated heterocycles. The molecule has 0 aromatic carbocycles. The van der Waals surface area contributed by atoms with Crippen molar-refractivity contribution in [3.05, 3.63) is 23.9 Å². The zero-order valence-electron chi connectivity index (χ0n) is 8.92. The lowest BCUT2D eigenvalue weighted by Gasteiger charge is -2.07. The van der Waals surface area contributed by atoms with Gasteiger partial charge in [0, 0.05) is 25.4 Å². The fourth-order valence-corrected chi connectivity index (χ4v) is 1.21. The van der Waals surface area contributed by atoms with Crippen molar-refractivity contribution in [3.63, 3.8) is 0 Å². The van der Waals surface area contributed by atoms with Gasteiger partial charge in [-0.25, -0.2) is 4.98 Å². The molecule has 0 atom stereocenters. The lowest BCUT2D eigenvalue weighted by Crippen LogP contribution is -2.01. The summed E-state index contributed by atoms with van der Waals surface area (Å²) < 4.78 is 5.52. The molecule has 0 aliphatic heterocycles. The van der Waals surface area contributed by atoms with E-state index in [9.17, 15) is 0 Å². The first-order valence-corrected chi connectivity index (χ1v) is 5.08. The van der Waals surface area contributed by atoms with Crippen LogP contribution in [0.1, 0.15) is 25.3 Å². The number of hydrogen-bond donors (Lipinski definition) is 1. The first-order chi connectivity index (χ1) is 6.88. The summed E-state index contributed by atoms with van der Waals surface area (Å²) in [6.07, 6.45) is 4.07. The van der Waals surface area contributed by atoms with Gasteiger partial charge in [-0.15, -0.1) is 0 Å². The largest absolute Gasteiger partial charge is 0.377 e. The van der Waals surface area contributed by atoms with Crippen LogP contribution in [0.4, 0.5) is 5.82 Å². The van der Waals surface area contributed by atoms with Crippen LogP contribution in [0.15, 0.2) is 18.3 Å². The predicted molar refractivity (Wildman–Crippen MR) is 58.3 cm³/mol. The number of aromatic nitrogens is 1. The highest BCUT2D eigenvalue weighted by Gasteiger charge is 2.00. The van der Waals surface area contributed by atoms with E-state index in [2.05, 4.69) is 17.2 Å². The molecule has 0 saturated carbocycles. The highest BCUT2D eigenvalue weighted by atomic mass is 16.5. The van der Waals surface area contributed by atoms with Crippen LogP contribution in [0.2, 0.25) is 0 Å². The second-order valence-corrected chi connectivity index (χ2v) is 3.17. The number of rotatable bonds is 6. The summed E-state index contributed by atoms with van der Waals surface area (Å²) in [6, 6.07) is 3.96. The van der Waals surface area contributed by atoms with Crippen molar-refractivity contribution in [2.24, 2.45) is 0 Å². The standard InChI is InChI=1S/C11H18N2O/c1-3-4-8-14-9-10-6-5-7-13-11(10)12-2/h5-7H,3-4,8-9H2,1-2H3,(H,12,13). The molecule has 1 aromatic heterocycles. The van der Waals surface area contributed by atoms with Crippen LogP contribution < -0.4 is 5.32 Å². The summed E-state index contributed by atoms with van der Waals surface area (Å²) in [5, 5.41) is 3.05. The second kappa shape index (κ2) is 6.38. The number of anilines is 1. The summed E-state index contributed by atoms with van der Waals surface area (Å²) >= 11 is 0. The van der Waals surface area contributed by atoms with Crippen LogP contribution in [0.3, 0.4) is 0 Å². The first kappa shape index (κ1) is 11.0. The monoisotopic (exact) mass is 194 g/mol. The zero-order valence-corrected chi connectivity index (χ0v) is 8.92. The molecule has 0 amide bonds. The number of hydrogen-bond acceptors (Lipinski definition) is 3. The van der Waals surface area contributed by atoms with E-state index in [0.717, 1.165) is 24.4 Å². The van der Waals surface area contributed by atoms with Crippen LogP contribution in [0.5, 0.6) is 0 Å². The van der Waals surface area contributed by atoms with Crippen molar-refractivity contribution in [2.45, 2.75) is 26.4 Å². The Morgan fingerprint density at radius 2 is 2.36 bits per heavy atom. The van der Waals surface area contributed by atoms with Crippen molar-refractivity contribution >= 4 is 5.82 Å². The summed E-state index contributed by atoms with van der Waals surface area (Å²) in [6.45, 7) is 3.63. The summed E-state index contributed by atoms with van der Waals surface area (Å²) in [5.41, 5.74) is 1.12. The Labute approximate surface area is 85.5 Å². The van der Waals surface area contributed by atoms with Crippen molar-refractivity contribution < 1.29 is 4.74 Å². The molecule has 14 heavy (non-hydrogen) atoms.